The third kappa shape index (κ3) is 3.93. The number of carboxylic acids is 1. The molecule has 0 aliphatic carbocycles. The highest BCUT2D eigenvalue weighted by molar-refractivity contribution is 9.10. The normalized spacial score (nSPS) is 10.7. The fourth-order valence-electron chi connectivity index (χ4n) is 1.53. The van der Waals surface area contributed by atoms with E-state index in [4.69, 9.17) is 9.84 Å². The number of halogens is 2. The Morgan fingerprint density at radius 1 is 1.25 bits per heavy atom. The molecule has 1 N–H and O–H groups in total. The van der Waals surface area contributed by atoms with Crippen molar-refractivity contribution in [1.29, 1.82) is 0 Å². The van der Waals surface area contributed by atoms with Gasteiger partial charge < -0.3 is 9.84 Å². The van der Waals surface area contributed by atoms with Crippen molar-refractivity contribution in [2.24, 2.45) is 0 Å². The van der Waals surface area contributed by atoms with E-state index in [2.05, 4.69) is 15.9 Å². The summed E-state index contributed by atoms with van der Waals surface area (Å²) in [5, 5.41) is 8.58. The molecule has 0 aromatic heterocycles. The fraction of sp³-hybridized carbons (Fsp3) is 0. The zero-order valence-corrected chi connectivity index (χ0v) is 11.8. The predicted octanol–water partition coefficient (Wildman–Crippen LogP) is 4.48. The van der Waals surface area contributed by atoms with Crippen molar-refractivity contribution in [1.82, 2.24) is 0 Å². The van der Waals surface area contributed by atoms with Crippen molar-refractivity contribution in [3.8, 4) is 11.5 Å². The first-order valence-corrected chi connectivity index (χ1v) is 6.48. The average molecular weight is 337 g/mol. The molecule has 0 aliphatic heterocycles. The lowest BCUT2D eigenvalue weighted by Gasteiger charge is -2.08. The molecular weight excluding hydrogens is 327 g/mol. The molecule has 2 aromatic carbocycles. The van der Waals surface area contributed by atoms with Crippen LogP contribution in [0.3, 0.4) is 0 Å². The molecule has 0 aliphatic rings. The molecule has 0 radical (unpaired) electrons. The summed E-state index contributed by atoms with van der Waals surface area (Å²) in [5.41, 5.74) is 0.678. The van der Waals surface area contributed by atoms with Gasteiger partial charge in [-0.05, 0) is 51.8 Å². The molecule has 0 heterocycles. The highest BCUT2D eigenvalue weighted by Crippen LogP contribution is 2.30. The lowest BCUT2D eigenvalue weighted by atomic mass is 10.2. The van der Waals surface area contributed by atoms with Crippen LogP contribution in [0.15, 0.2) is 53.0 Å². The van der Waals surface area contributed by atoms with E-state index in [1.807, 2.05) is 0 Å². The molecule has 0 atom stereocenters. The predicted molar refractivity (Wildman–Crippen MR) is 77.3 cm³/mol. The summed E-state index contributed by atoms with van der Waals surface area (Å²) in [6, 6.07) is 11.0. The molecule has 2 rings (SSSR count). The van der Waals surface area contributed by atoms with Crippen LogP contribution in [0.2, 0.25) is 0 Å². The van der Waals surface area contributed by atoms with Gasteiger partial charge in [-0.15, -0.1) is 0 Å². The van der Waals surface area contributed by atoms with Crippen molar-refractivity contribution in [3.63, 3.8) is 0 Å². The van der Waals surface area contributed by atoms with E-state index in [9.17, 15) is 9.18 Å². The number of aliphatic carboxylic acids is 1. The molecule has 0 saturated heterocycles. The Morgan fingerprint density at radius 2 is 2.05 bits per heavy atom. The molecule has 5 heteroatoms. The molecule has 0 amide bonds. The first-order valence-electron chi connectivity index (χ1n) is 5.68. The van der Waals surface area contributed by atoms with Crippen LogP contribution in [0.25, 0.3) is 6.08 Å². The second-order valence-electron chi connectivity index (χ2n) is 3.92. The van der Waals surface area contributed by atoms with Gasteiger partial charge in [-0.3, -0.25) is 0 Å². The van der Waals surface area contributed by atoms with Crippen LogP contribution in [0, 0.1) is 5.82 Å². The zero-order valence-electron chi connectivity index (χ0n) is 10.2. The molecular formula is C15H10BrFO3. The van der Waals surface area contributed by atoms with E-state index in [1.54, 1.807) is 30.3 Å². The third-order valence-corrected chi connectivity index (χ3v) is 3.05. The molecule has 0 bridgehead atoms. The second kappa shape index (κ2) is 6.34. The number of ether oxygens (including phenoxy) is 1. The number of hydrogen-bond donors (Lipinski definition) is 1. The summed E-state index contributed by atoms with van der Waals surface area (Å²) in [5.74, 6) is -0.581. The molecule has 102 valence electrons. The minimum Gasteiger partial charge on any atom is -0.478 e. The van der Waals surface area contributed by atoms with Gasteiger partial charge in [-0.1, -0.05) is 12.1 Å². The largest absolute Gasteiger partial charge is 0.478 e. The van der Waals surface area contributed by atoms with E-state index < -0.39 is 11.8 Å². The average Bonchev–Trinajstić information content (AvgIpc) is 2.41. The van der Waals surface area contributed by atoms with Gasteiger partial charge in [0.05, 0.1) is 4.47 Å². The quantitative estimate of drug-likeness (QED) is 0.837. The van der Waals surface area contributed by atoms with Crippen LogP contribution in [-0.4, -0.2) is 11.1 Å². The molecule has 2 aromatic rings. The number of carboxylic acid groups (broad SMARTS) is 1. The second-order valence-corrected chi connectivity index (χ2v) is 4.78. The molecule has 0 unspecified atom stereocenters. The Kier molecular flexibility index (Phi) is 4.53. The first-order chi connectivity index (χ1) is 9.54. The van der Waals surface area contributed by atoms with E-state index >= 15 is 0 Å². The van der Waals surface area contributed by atoms with Gasteiger partial charge >= 0.3 is 5.97 Å². The highest BCUT2D eigenvalue weighted by atomic mass is 79.9. The van der Waals surface area contributed by atoms with Crippen molar-refractivity contribution >= 4 is 28.0 Å². The minimum absolute atomic E-state index is 0.351. The maximum atomic E-state index is 13.2. The molecule has 0 fully saturated rings. The van der Waals surface area contributed by atoms with Crippen molar-refractivity contribution in [2.75, 3.05) is 0 Å². The summed E-state index contributed by atoms with van der Waals surface area (Å²) >= 11 is 3.27. The van der Waals surface area contributed by atoms with E-state index in [1.165, 1.54) is 18.2 Å². The van der Waals surface area contributed by atoms with Crippen LogP contribution in [0.1, 0.15) is 5.56 Å². The Balaban J connectivity index is 2.23. The Labute approximate surface area is 123 Å². The Bertz CT molecular complexity index is 668. The van der Waals surface area contributed by atoms with Crippen molar-refractivity contribution in [3.05, 3.63) is 64.4 Å². The number of carbonyl (C=O) groups is 1. The summed E-state index contributed by atoms with van der Waals surface area (Å²) in [4.78, 5) is 10.5. The van der Waals surface area contributed by atoms with Gasteiger partial charge in [0.15, 0.2) is 0 Å². The number of hydrogen-bond acceptors (Lipinski definition) is 2. The summed E-state index contributed by atoms with van der Waals surface area (Å²) < 4.78 is 19.4. The van der Waals surface area contributed by atoms with Crippen molar-refractivity contribution < 1.29 is 19.0 Å². The summed E-state index contributed by atoms with van der Waals surface area (Å²) in [6.45, 7) is 0. The van der Waals surface area contributed by atoms with Gasteiger partial charge in [0.2, 0.25) is 0 Å². The smallest absolute Gasteiger partial charge is 0.328 e. The van der Waals surface area contributed by atoms with Gasteiger partial charge in [0, 0.05) is 12.1 Å². The van der Waals surface area contributed by atoms with Crippen LogP contribution in [-0.2, 0) is 4.79 Å². The molecule has 3 nitrogen and oxygen atoms in total. The maximum absolute atomic E-state index is 13.2. The van der Waals surface area contributed by atoms with Crippen LogP contribution in [0.4, 0.5) is 4.39 Å². The van der Waals surface area contributed by atoms with Crippen LogP contribution >= 0.6 is 15.9 Å². The lowest BCUT2D eigenvalue weighted by molar-refractivity contribution is -0.131. The number of benzene rings is 2. The SMILES string of the molecule is O=C(O)/C=C/c1cccc(Oc2cc(F)ccc2Br)c1. The van der Waals surface area contributed by atoms with E-state index in [0.29, 0.717) is 21.5 Å². The maximum Gasteiger partial charge on any atom is 0.328 e. The van der Waals surface area contributed by atoms with Crippen LogP contribution in [0.5, 0.6) is 11.5 Å². The molecule has 0 saturated carbocycles. The monoisotopic (exact) mass is 336 g/mol. The van der Waals surface area contributed by atoms with Gasteiger partial charge in [0.25, 0.3) is 0 Å². The summed E-state index contributed by atoms with van der Waals surface area (Å²) in [7, 11) is 0. The van der Waals surface area contributed by atoms with Crippen LogP contribution < -0.4 is 4.74 Å². The minimum atomic E-state index is -1.02. The topological polar surface area (TPSA) is 46.5 Å². The van der Waals surface area contributed by atoms with E-state index in [-0.39, 0.29) is 0 Å². The third-order valence-electron chi connectivity index (χ3n) is 2.40. The molecule has 0 spiro atoms. The van der Waals surface area contributed by atoms with Gasteiger partial charge in [-0.2, -0.15) is 0 Å². The summed E-state index contributed by atoms with van der Waals surface area (Å²) in [6.07, 6.45) is 2.49. The lowest BCUT2D eigenvalue weighted by Crippen LogP contribution is -1.88. The zero-order chi connectivity index (χ0) is 14.5. The number of rotatable bonds is 4. The van der Waals surface area contributed by atoms with Crippen molar-refractivity contribution in [2.45, 2.75) is 0 Å². The van der Waals surface area contributed by atoms with Gasteiger partial charge in [-0.25, -0.2) is 9.18 Å². The fourth-order valence-corrected chi connectivity index (χ4v) is 1.86. The van der Waals surface area contributed by atoms with Gasteiger partial charge in [0.1, 0.15) is 17.3 Å². The Morgan fingerprint density at radius 3 is 2.80 bits per heavy atom. The first kappa shape index (κ1) is 14.3. The highest BCUT2D eigenvalue weighted by Gasteiger charge is 2.04. The Hall–Kier alpha value is -2.14. The van der Waals surface area contributed by atoms with E-state index in [0.717, 1.165) is 6.08 Å². The molecule has 20 heavy (non-hydrogen) atoms. The standard InChI is InChI=1S/C15H10BrFO3/c16-13-6-5-11(17)9-14(13)20-12-3-1-2-10(8-12)4-7-15(18)19/h1-9H,(H,18,19)/b7-4+.